The van der Waals surface area contributed by atoms with E-state index in [1.165, 1.54) is 0 Å². The fourth-order valence-electron chi connectivity index (χ4n) is 1.80. The van der Waals surface area contributed by atoms with E-state index in [4.69, 9.17) is 16.3 Å². The summed E-state index contributed by atoms with van der Waals surface area (Å²) in [5.74, 6) is 0. The molecule has 0 aliphatic carbocycles. The Hall–Kier alpha value is -2.78. The van der Waals surface area contributed by atoms with Crippen molar-refractivity contribution in [2.24, 2.45) is 0 Å². The average molecular weight is 233 g/mol. The fraction of sp³-hybridized carbons (Fsp3) is 0.0667. The van der Waals surface area contributed by atoms with Crippen LogP contribution in [0.2, 0.25) is 0 Å². The van der Waals surface area contributed by atoms with Crippen LogP contribution in [0.15, 0.2) is 42.5 Å². The van der Waals surface area contributed by atoms with Crippen LogP contribution in [0.25, 0.3) is 0 Å². The first-order valence-electron chi connectivity index (χ1n) is 5.50. The van der Waals surface area contributed by atoms with Crippen molar-refractivity contribution in [2.75, 3.05) is 5.73 Å². The Morgan fingerprint density at radius 1 is 0.944 bits per heavy atom. The number of anilines is 1. The van der Waals surface area contributed by atoms with Gasteiger partial charge in [-0.25, -0.2) is 0 Å². The Morgan fingerprint density at radius 2 is 1.72 bits per heavy atom. The zero-order chi connectivity index (χ0) is 13.0. The van der Waals surface area contributed by atoms with Gasteiger partial charge in [0.25, 0.3) is 0 Å². The summed E-state index contributed by atoms with van der Waals surface area (Å²) in [7, 11) is 0. The topological polar surface area (TPSA) is 73.6 Å². The van der Waals surface area contributed by atoms with Crippen molar-refractivity contribution in [3.05, 3.63) is 64.7 Å². The summed E-state index contributed by atoms with van der Waals surface area (Å²) in [5, 5.41) is 17.8. The van der Waals surface area contributed by atoms with Crippen molar-refractivity contribution in [3.63, 3.8) is 0 Å². The zero-order valence-electron chi connectivity index (χ0n) is 9.72. The molecule has 0 heterocycles. The maximum absolute atomic E-state index is 8.92. The van der Waals surface area contributed by atoms with Gasteiger partial charge in [0.1, 0.15) is 6.07 Å². The van der Waals surface area contributed by atoms with Gasteiger partial charge in [0, 0.05) is 5.69 Å². The third-order valence-electron chi connectivity index (χ3n) is 2.70. The Kier molecular flexibility index (Phi) is 3.27. The Morgan fingerprint density at radius 3 is 2.44 bits per heavy atom. The number of nitrogens with two attached hydrogens (primary N) is 1. The van der Waals surface area contributed by atoms with Crippen molar-refractivity contribution in [1.29, 1.82) is 10.5 Å². The second-order valence-corrected chi connectivity index (χ2v) is 4.02. The van der Waals surface area contributed by atoms with Gasteiger partial charge >= 0.3 is 0 Å². The van der Waals surface area contributed by atoms with E-state index in [1.807, 2.05) is 24.3 Å². The standard InChI is InChI=1S/C15H11N3/c16-9-13-3-1-2-11(7-13)6-12-4-5-15(18)14(8-12)10-17/h1-5,7-8H,6,18H2. The molecule has 18 heavy (non-hydrogen) atoms. The third-order valence-corrected chi connectivity index (χ3v) is 2.70. The van der Waals surface area contributed by atoms with Gasteiger partial charge in [0.15, 0.2) is 0 Å². The first kappa shape index (κ1) is 11.7. The molecule has 0 fully saturated rings. The number of hydrogen-bond donors (Lipinski definition) is 1. The lowest BCUT2D eigenvalue weighted by Crippen LogP contribution is -1.94. The number of nitriles is 2. The first-order chi connectivity index (χ1) is 8.72. The van der Waals surface area contributed by atoms with Crippen LogP contribution >= 0.6 is 0 Å². The smallest absolute Gasteiger partial charge is 0.101 e. The largest absolute Gasteiger partial charge is 0.398 e. The molecule has 2 rings (SSSR count). The molecule has 2 N–H and O–H groups in total. The summed E-state index contributed by atoms with van der Waals surface area (Å²) >= 11 is 0. The SMILES string of the molecule is N#Cc1cccc(Cc2ccc(N)c(C#N)c2)c1. The summed E-state index contributed by atoms with van der Waals surface area (Å²) in [5.41, 5.74) is 9.35. The highest BCUT2D eigenvalue weighted by Gasteiger charge is 2.02. The molecule has 0 saturated heterocycles. The van der Waals surface area contributed by atoms with Gasteiger partial charge in [-0.1, -0.05) is 18.2 Å². The monoisotopic (exact) mass is 233 g/mol. The highest BCUT2D eigenvalue weighted by atomic mass is 14.6. The molecule has 0 bridgehead atoms. The van der Waals surface area contributed by atoms with E-state index < -0.39 is 0 Å². The minimum Gasteiger partial charge on any atom is -0.398 e. The van der Waals surface area contributed by atoms with E-state index in [0.29, 0.717) is 23.2 Å². The van der Waals surface area contributed by atoms with Crippen LogP contribution < -0.4 is 5.73 Å². The molecule has 2 aromatic rings. The molecular weight excluding hydrogens is 222 g/mol. The maximum atomic E-state index is 8.92. The molecule has 0 spiro atoms. The van der Waals surface area contributed by atoms with Crippen molar-refractivity contribution in [1.82, 2.24) is 0 Å². The van der Waals surface area contributed by atoms with E-state index >= 15 is 0 Å². The molecule has 0 amide bonds. The van der Waals surface area contributed by atoms with E-state index in [0.717, 1.165) is 11.1 Å². The van der Waals surface area contributed by atoms with Crippen LogP contribution in [-0.2, 0) is 6.42 Å². The van der Waals surface area contributed by atoms with E-state index in [-0.39, 0.29) is 0 Å². The van der Waals surface area contributed by atoms with Gasteiger partial charge in [0.05, 0.1) is 17.2 Å². The van der Waals surface area contributed by atoms with Gasteiger partial charge in [-0.05, 0) is 41.8 Å². The Bertz CT molecular complexity index is 660. The molecule has 86 valence electrons. The lowest BCUT2D eigenvalue weighted by Gasteiger charge is -2.04. The van der Waals surface area contributed by atoms with E-state index in [9.17, 15) is 0 Å². The molecule has 0 aromatic heterocycles. The van der Waals surface area contributed by atoms with Gasteiger partial charge in [-0.15, -0.1) is 0 Å². The van der Waals surface area contributed by atoms with E-state index in [2.05, 4.69) is 12.1 Å². The molecule has 2 aromatic carbocycles. The van der Waals surface area contributed by atoms with Crippen LogP contribution in [-0.4, -0.2) is 0 Å². The lowest BCUT2D eigenvalue weighted by molar-refractivity contribution is 1.19. The highest BCUT2D eigenvalue weighted by Crippen LogP contribution is 2.16. The van der Waals surface area contributed by atoms with Crippen LogP contribution in [0.1, 0.15) is 22.3 Å². The molecule has 0 aliphatic rings. The molecule has 3 nitrogen and oxygen atoms in total. The number of hydrogen-bond acceptors (Lipinski definition) is 3. The number of rotatable bonds is 2. The molecule has 0 aliphatic heterocycles. The zero-order valence-corrected chi connectivity index (χ0v) is 9.72. The molecule has 0 atom stereocenters. The average Bonchev–Trinajstić information content (AvgIpc) is 2.41. The molecular formula is C15H11N3. The summed E-state index contributed by atoms with van der Waals surface area (Å²) in [4.78, 5) is 0. The normalized spacial score (nSPS) is 9.44. The van der Waals surface area contributed by atoms with Crippen LogP contribution in [0.4, 0.5) is 5.69 Å². The van der Waals surface area contributed by atoms with Crippen LogP contribution in [0.3, 0.4) is 0 Å². The molecule has 0 unspecified atom stereocenters. The minimum atomic E-state index is 0.490. The number of benzene rings is 2. The highest BCUT2D eigenvalue weighted by molar-refractivity contribution is 5.55. The first-order valence-corrected chi connectivity index (χ1v) is 5.50. The van der Waals surface area contributed by atoms with Crippen LogP contribution in [0, 0.1) is 22.7 Å². The predicted molar refractivity (Wildman–Crippen MR) is 69.5 cm³/mol. The Balaban J connectivity index is 2.29. The molecule has 3 heteroatoms. The number of nitrogens with zero attached hydrogens (tertiary/aromatic N) is 2. The van der Waals surface area contributed by atoms with Gasteiger partial charge in [-0.3, -0.25) is 0 Å². The second kappa shape index (κ2) is 5.03. The Labute approximate surface area is 106 Å². The van der Waals surface area contributed by atoms with Crippen molar-refractivity contribution in [3.8, 4) is 12.1 Å². The third kappa shape index (κ3) is 2.48. The second-order valence-electron chi connectivity index (χ2n) is 4.02. The minimum absolute atomic E-state index is 0.490. The number of nitrogen functional groups attached to an aromatic ring is 1. The van der Waals surface area contributed by atoms with Gasteiger partial charge in [-0.2, -0.15) is 10.5 Å². The predicted octanol–water partition coefficient (Wildman–Crippen LogP) is 2.60. The summed E-state index contributed by atoms with van der Waals surface area (Å²) in [6, 6.07) is 17.0. The summed E-state index contributed by atoms with van der Waals surface area (Å²) < 4.78 is 0. The summed E-state index contributed by atoms with van der Waals surface area (Å²) in [6.45, 7) is 0. The van der Waals surface area contributed by atoms with Gasteiger partial charge < -0.3 is 5.73 Å². The van der Waals surface area contributed by atoms with Crippen molar-refractivity contribution in [2.45, 2.75) is 6.42 Å². The molecule has 0 saturated carbocycles. The van der Waals surface area contributed by atoms with Crippen molar-refractivity contribution < 1.29 is 0 Å². The van der Waals surface area contributed by atoms with E-state index in [1.54, 1.807) is 18.2 Å². The van der Waals surface area contributed by atoms with Crippen molar-refractivity contribution >= 4 is 5.69 Å². The lowest BCUT2D eigenvalue weighted by atomic mass is 10.0. The summed E-state index contributed by atoms with van der Waals surface area (Å²) in [6.07, 6.45) is 0.685. The van der Waals surface area contributed by atoms with Crippen LogP contribution in [0.5, 0.6) is 0 Å². The quantitative estimate of drug-likeness (QED) is 0.810. The molecule has 0 radical (unpaired) electrons. The van der Waals surface area contributed by atoms with Gasteiger partial charge in [0.2, 0.25) is 0 Å². The maximum Gasteiger partial charge on any atom is 0.101 e. The fourth-order valence-corrected chi connectivity index (χ4v) is 1.80.